The van der Waals surface area contributed by atoms with Crippen LogP contribution in [-0.4, -0.2) is 44.8 Å². The summed E-state index contributed by atoms with van der Waals surface area (Å²) in [4.78, 5) is 46.6. The number of carbonyl (C=O) groups is 2. The molecule has 2 aliphatic heterocycles. The second-order valence-corrected chi connectivity index (χ2v) is 9.24. The van der Waals surface area contributed by atoms with Crippen molar-refractivity contribution in [3.8, 4) is 11.5 Å². The first-order chi connectivity index (χ1) is 17.3. The molecular formula is C26H23N3O6S. The van der Waals surface area contributed by atoms with Gasteiger partial charge in [-0.15, -0.1) is 0 Å². The van der Waals surface area contributed by atoms with E-state index in [4.69, 9.17) is 14.2 Å². The number of hydrogen-bond donors (Lipinski definition) is 0. The maximum absolute atomic E-state index is 14.0. The molecule has 2 aromatic carbocycles. The van der Waals surface area contributed by atoms with Gasteiger partial charge in [0.1, 0.15) is 4.53 Å². The number of amides is 1. The molecule has 184 valence electrons. The summed E-state index contributed by atoms with van der Waals surface area (Å²) in [6.07, 6.45) is 0. The van der Waals surface area contributed by atoms with Gasteiger partial charge >= 0.3 is 5.97 Å². The number of allylic oxidation sites excluding steroid dienone is 1. The number of thiazole rings is 1. The minimum absolute atomic E-state index is 0.226. The Morgan fingerprint density at radius 2 is 1.75 bits per heavy atom. The molecule has 3 heterocycles. The Morgan fingerprint density at radius 1 is 1.03 bits per heavy atom. The van der Waals surface area contributed by atoms with E-state index in [1.165, 1.54) is 30.8 Å². The van der Waals surface area contributed by atoms with Gasteiger partial charge in [-0.25, -0.2) is 9.79 Å². The molecule has 0 N–H and O–H groups in total. The lowest BCUT2D eigenvalue weighted by molar-refractivity contribution is -0.136. The maximum Gasteiger partial charge on any atom is 0.338 e. The Hall–Kier alpha value is -4.18. The fourth-order valence-electron chi connectivity index (χ4n) is 4.67. The fraction of sp³-hybridized carbons (Fsp3) is 0.231. The Kier molecular flexibility index (Phi) is 5.76. The van der Waals surface area contributed by atoms with Crippen molar-refractivity contribution in [2.24, 2.45) is 4.99 Å². The predicted molar refractivity (Wildman–Crippen MR) is 134 cm³/mol. The van der Waals surface area contributed by atoms with Gasteiger partial charge in [0.15, 0.2) is 16.3 Å². The zero-order chi connectivity index (χ0) is 25.7. The van der Waals surface area contributed by atoms with Crippen LogP contribution in [-0.2, 0) is 14.3 Å². The van der Waals surface area contributed by atoms with Gasteiger partial charge in [0.25, 0.3) is 11.5 Å². The predicted octanol–water partition coefficient (Wildman–Crippen LogP) is 1.77. The molecule has 1 amide bonds. The Bertz CT molecular complexity index is 1650. The Morgan fingerprint density at radius 3 is 2.44 bits per heavy atom. The molecule has 10 heteroatoms. The van der Waals surface area contributed by atoms with E-state index in [1.54, 1.807) is 32.2 Å². The third kappa shape index (κ3) is 3.36. The van der Waals surface area contributed by atoms with Crippen LogP contribution >= 0.6 is 11.3 Å². The van der Waals surface area contributed by atoms with E-state index in [9.17, 15) is 14.4 Å². The van der Waals surface area contributed by atoms with E-state index in [1.807, 2.05) is 24.3 Å². The number of likely N-dealkylation sites (N-methyl/N-ethyl adjacent to an activating group) is 1. The number of ether oxygens (including phenoxy) is 3. The van der Waals surface area contributed by atoms with Gasteiger partial charge in [0, 0.05) is 12.6 Å². The molecule has 3 aromatic rings. The first-order valence-corrected chi connectivity index (χ1v) is 11.9. The molecule has 0 saturated carbocycles. The van der Waals surface area contributed by atoms with Crippen molar-refractivity contribution in [2.75, 3.05) is 33.3 Å². The zero-order valence-corrected chi connectivity index (χ0v) is 21.1. The van der Waals surface area contributed by atoms with Gasteiger partial charge in [-0.1, -0.05) is 35.6 Å². The molecule has 0 radical (unpaired) electrons. The smallest absolute Gasteiger partial charge is 0.338 e. The fourth-order valence-corrected chi connectivity index (χ4v) is 5.81. The molecule has 1 unspecified atom stereocenters. The van der Waals surface area contributed by atoms with Gasteiger partial charge < -0.3 is 19.1 Å². The first kappa shape index (κ1) is 23.6. The largest absolute Gasteiger partial charge is 0.493 e. The van der Waals surface area contributed by atoms with Crippen LogP contribution in [0.2, 0.25) is 0 Å². The average Bonchev–Trinajstić information content (AvgIpc) is 3.34. The van der Waals surface area contributed by atoms with E-state index >= 15 is 0 Å². The normalized spacial score (nSPS) is 18.0. The van der Waals surface area contributed by atoms with Crippen LogP contribution in [0.1, 0.15) is 24.1 Å². The van der Waals surface area contributed by atoms with Gasteiger partial charge in [-0.2, -0.15) is 0 Å². The molecule has 0 aliphatic carbocycles. The summed E-state index contributed by atoms with van der Waals surface area (Å²) in [6.45, 7) is 1.70. The van der Waals surface area contributed by atoms with Gasteiger partial charge in [-0.05, 0) is 30.7 Å². The Labute approximate surface area is 210 Å². The number of anilines is 1. The molecule has 5 rings (SSSR count). The SMILES string of the molecule is COC(=O)C1=C(C)N=c2sc(=C3C(=O)N(C)c4ccccc43)c(=O)n2C1c1ccc(OC)c(OC)c1. The highest BCUT2D eigenvalue weighted by Crippen LogP contribution is 2.37. The van der Waals surface area contributed by atoms with E-state index in [2.05, 4.69) is 4.99 Å². The molecule has 0 bridgehead atoms. The van der Waals surface area contributed by atoms with Crippen molar-refractivity contribution >= 4 is 34.5 Å². The van der Waals surface area contributed by atoms with Gasteiger partial charge in [0.05, 0.1) is 49.9 Å². The molecule has 0 saturated heterocycles. The number of fused-ring (bicyclic) bond motifs is 2. The van der Waals surface area contributed by atoms with Crippen molar-refractivity contribution in [1.29, 1.82) is 0 Å². The molecule has 0 spiro atoms. The second-order valence-electron chi connectivity index (χ2n) is 8.26. The number of benzene rings is 2. The highest BCUT2D eigenvalue weighted by Gasteiger charge is 2.36. The van der Waals surface area contributed by atoms with Crippen molar-refractivity contribution in [1.82, 2.24) is 4.57 Å². The standard InChI is InChI=1S/C26H23N3O6S/c1-13-19(25(32)35-5)21(14-10-11-17(33-3)18(12-14)34-4)29-24(31)22(36-26(29)27-13)20-15-8-6-7-9-16(15)28(2)23(20)30/h6-12,21H,1-5H3. The van der Waals surface area contributed by atoms with Crippen LogP contribution in [0.25, 0.3) is 5.57 Å². The summed E-state index contributed by atoms with van der Waals surface area (Å²) in [5, 5.41) is 0. The number of carbonyl (C=O) groups excluding carboxylic acids is 2. The van der Waals surface area contributed by atoms with Crippen molar-refractivity contribution in [3.63, 3.8) is 0 Å². The summed E-state index contributed by atoms with van der Waals surface area (Å²) in [6, 6.07) is 11.7. The van der Waals surface area contributed by atoms with Gasteiger partial charge in [-0.3, -0.25) is 14.2 Å². The summed E-state index contributed by atoms with van der Waals surface area (Å²) >= 11 is 1.13. The monoisotopic (exact) mass is 505 g/mol. The van der Waals surface area contributed by atoms with E-state index in [-0.39, 0.29) is 16.0 Å². The highest BCUT2D eigenvalue weighted by molar-refractivity contribution is 7.07. The lowest BCUT2D eigenvalue weighted by Crippen LogP contribution is -2.40. The summed E-state index contributed by atoms with van der Waals surface area (Å²) in [7, 11) is 6.00. The van der Waals surface area contributed by atoms with Crippen LogP contribution < -0.4 is 29.3 Å². The minimum Gasteiger partial charge on any atom is -0.493 e. The third-order valence-corrected chi connectivity index (χ3v) is 7.46. The molecular weight excluding hydrogens is 482 g/mol. The number of esters is 1. The number of methoxy groups -OCH3 is 3. The average molecular weight is 506 g/mol. The topological polar surface area (TPSA) is 99.4 Å². The van der Waals surface area contributed by atoms with Crippen LogP contribution in [0.3, 0.4) is 0 Å². The number of rotatable bonds is 4. The van der Waals surface area contributed by atoms with Crippen molar-refractivity contribution in [3.05, 3.63) is 84.5 Å². The quantitative estimate of drug-likeness (QED) is 0.501. The molecule has 0 fully saturated rings. The van der Waals surface area contributed by atoms with E-state index in [0.717, 1.165) is 17.0 Å². The second kappa shape index (κ2) is 8.80. The van der Waals surface area contributed by atoms with Crippen LogP contribution in [0.15, 0.2) is 63.5 Å². The summed E-state index contributed by atoms with van der Waals surface area (Å²) < 4.78 is 17.6. The molecule has 9 nitrogen and oxygen atoms in total. The molecule has 36 heavy (non-hydrogen) atoms. The van der Waals surface area contributed by atoms with Crippen LogP contribution in [0.4, 0.5) is 5.69 Å². The molecule has 1 aromatic heterocycles. The highest BCUT2D eigenvalue weighted by atomic mass is 32.1. The van der Waals surface area contributed by atoms with Crippen molar-refractivity contribution < 1.29 is 23.8 Å². The Balaban J connectivity index is 1.84. The first-order valence-electron chi connectivity index (χ1n) is 11.0. The summed E-state index contributed by atoms with van der Waals surface area (Å²) in [5.74, 6) is 0.0803. The van der Waals surface area contributed by atoms with E-state index < -0.39 is 17.6 Å². The number of para-hydroxylation sites is 1. The summed E-state index contributed by atoms with van der Waals surface area (Å²) in [5.41, 5.74) is 2.58. The van der Waals surface area contributed by atoms with Gasteiger partial charge in [0.2, 0.25) is 0 Å². The van der Waals surface area contributed by atoms with Crippen LogP contribution in [0.5, 0.6) is 11.5 Å². The third-order valence-electron chi connectivity index (χ3n) is 6.41. The van der Waals surface area contributed by atoms with E-state index in [0.29, 0.717) is 38.7 Å². The lowest BCUT2D eigenvalue weighted by Gasteiger charge is -2.25. The molecule has 2 aliphatic rings. The van der Waals surface area contributed by atoms with Crippen LogP contribution in [0, 0.1) is 0 Å². The maximum atomic E-state index is 14.0. The lowest BCUT2D eigenvalue weighted by atomic mass is 9.95. The number of aromatic nitrogens is 1. The van der Waals surface area contributed by atoms with Crippen molar-refractivity contribution in [2.45, 2.75) is 13.0 Å². The molecule has 1 atom stereocenters. The zero-order valence-electron chi connectivity index (χ0n) is 20.3. The number of nitrogens with zero attached hydrogens (tertiary/aromatic N) is 3. The number of hydrogen-bond acceptors (Lipinski definition) is 8. The minimum atomic E-state index is -0.840.